The summed E-state index contributed by atoms with van der Waals surface area (Å²) in [5, 5.41) is 15.7. The quantitative estimate of drug-likeness (QED) is 0.686. The molecular formula is C9H17N3O3S. The van der Waals surface area contributed by atoms with Gasteiger partial charge in [0.2, 0.25) is 10.0 Å². The zero-order chi connectivity index (χ0) is 12.3. The van der Waals surface area contributed by atoms with Gasteiger partial charge in [0.05, 0.1) is 17.5 Å². The van der Waals surface area contributed by atoms with Crippen LogP contribution in [-0.2, 0) is 10.0 Å². The van der Waals surface area contributed by atoms with E-state index < -0.39 is 16.1 Å². The number of nitrogens with zero attached hydrogens (tertiary/aromatic N) is 1. The first-order valence-electron chi connectivity index (χ1n) is 5.07. The molecule has 1 unspecified atom stereocenters. The van der Waals surface area contributed by atoms with Gasteiger partial charge in [0.15, 0.2) is 0 Å². The summed E-state index contributed by atoms with van der Waals surface area (Å²) in [6, 6.07) is 0. The van der Waals surface area contributed by atoms with Crippen molar-refractivity contribution in [1.82, 2.24) is 14.9 Å². The van der Waals surface area contributed by atoms with Gasteiger partial charge in [0.25, 0.3) is 0 Å². The summed E-state index contributed by atoms with van der Waals surface area (Å²) in [6.07, 6.45) is -0.159. The Morgan fingerprint density at radius 1 is 1.50 bits per heavy atom. The normalized spacial score (nSPS) is 14.0. The summed E-state index contributed by atoms with van der Waals surface area (Å²) in [7, 11) is -3.59. The van der Waals surface area contributed by atoms with E-state index in [-0.39, 0.29) is 11.4 Å². The first-order valence-corrected chi connectivity index (χ1v) is 6.56. The van der Waals surface area contributed by atoms with Crippen LogP contribution in [0.1, 0.15) is 24.7 Å². The molecule has 1 aromatic heterocycles. The van der Waals surface area contributed by atoms with E-state index in [9.17, 15) is 13.5 Å². The Morgan fingerprint density at radius 3 is 2.56 bits per heavy atom. The Kier molecular flexibility index (Phi) is 4.06. The number of aromatic nitrogens is 2. The van der Waals surface area contributed by atoms with Crippen molar-refractivity contribution in [3.05, 3.63) is 11.4 Å². The molecule has 3 N–H and O–H groups in total. The number of aromatic amines is 1. The van der Waals surface area contributed by atoms with Crippen molar-refractivity contribution in [3.8, 4) is 0 Å². The second-order valence-electron chi connectivity index (χ2n) is 3.68. The van der Waals surface area contributed by atoms with Gasteiger partial charge in [-0.15, -0.1) is 0 Å². The molecule has 0 aliphatic heterocycles. The van der Waals surface area contributed by atoms with Crippen LogP contribution in [0.25, 0.3) is 0 Å². The zero-order valence-electron chi connectivity index (χ0n) is 9.61. The molecule has 16 heavy (non-hydrogen) atoms. The molecule has 1 atom stereocenters. The minimum atomic E-state index is -3.59. The number of aliphatic hydroxyl groups excluding tert-OH is 1. The van der Waals surface area contributed by atoms with E-state index in [1.165, 1.54) is 0 Å². The largest absolute Gasteiger partial charge is 0.392 e. The molecule has 0 bridgehead atoms. The van der Waals surface area contributed by atoms with Gasteiger partial charge in [0.1, 0.15) is 4.90 Å². The number of aryl methyl sites for hydroxylation is 2. The van der Waals surface area contributed by atoms with Gasteiger partial charge in [0, 0.05) is 6.54 Å². The molecule has 1 aromatic rings. The fraction of sp³-hybridized carbons (Fsp3) is 0.667. The van der Waals surface area contributed by atoms with Crippen LogP contribution in [0.4, 0.5) is 0 Å². The minimum Gasteiger partial charge on any atom is -0.392 e. The van der Waals surface area contributed by atoms with Crippen LogP contribution in [0.15, 0.2) is 4.90 Å². The lowest BCUT2D eigenvalue weighted by atomic mass is 10.3. The Balaban J connectivity index is 2.87. The van der Waals surface area contributed by atoms with E-state index in [2.05, 4.69) is 14.9 Å². The molecule has 0 aromatic carbocycles. The molecule has 1 rings (SSSR count). The lowest BCUT2D eigenvalue weighted by molar-refractivity contribution is 0.174. The van der Waals surface area contributed by atoms with Crippen LogP contribution < -0.4 is 4.72 Å². The molecule has 0 amide bonds. The smallest absolute Gasteiger partial charge is 0.244 e. The molecule has 0 aliphatic rings. The molecule has 0 spiro atoms. The Labute approximate surface area is 95.1 Å². The highest BCUT2D eigenvalue weighted by atomic mass is 32.2. The maximum Gasteiger partial charge on any atom is 0.244 e. The molecule has 1 heterocycles. The zero-order valence-corrected chi connectivity index (χ0v) is 10.4. The summed E-state index contributed by atoms with van der Waals surface area (Å²) < 4.78 is 26.1. The molecule has 7 heteroatoms. The summed E-state index contributed by atoms with van der Waals surface area (Å²) in [5.41, 5.74) is 0.923. The monoisotopic (exact) mass is 247 g/mol. The highest BCUT2D eigenvalue weighted by molar-refractivity contribution is 7.89. The van der Waals surface area contributed by atoms with E-state index in [1.54, 1.807) is 20.8 Å². The van der Waals surface area contributed by atoms with Gasteiger partial charge in [-0.3, -0.25) is 5.10 Å². The molecule has 0 saturated heterocycles. The van der Waals surface area contributed by atoms with Crippen LogP contribution in [-0.4, -0.2) is 36.4 Å². The van der Waals surface area contributed by atoms with E-state index in [0.717, 1.165) is 0 Å². The number of hydrogen-bond donors (Lipinski definition) is 3. The van der Waals surface area contributed by atoms with Crippen molar-refractivity contribution >= 4 is 10.0 Å². The van der Waals surface area contributed by atoms with Crippen LogP contribution in [0.3, 0.4) is 0 Å². The summed E-state index contributed by atoms with van der Waals surface area (Å²) in [4.78, 5) is 0.163. The maximum absolute atomic E-state index is 11.9. The van der Waals surface area contributed by atoms with E-state index in [1.807, 2.05) is 0 Å². The second-order valence-corrected chi connectivity index (χ2v) is 5.38. The molecule has 0 saturated carbocycles. The van der Waals surface area contributed by atoms with Gasteiger partial charge in [-0.05, 0) is 20.3 Å². The lowest BCUT2D eigenvalue weighted by Crippen LogP contribution is -2.32. The highest BCUT2D eigenvalue weighted by Crippen LogP contribution is 2.15. The molecule has 0 fully saturated rings. The second kappa shape index (κ2) is 4.94. The minimum absolute atomic E-state index is 0.0168. The average molecular weight is 247 g/mol. The standard InChI is InChI=1S/C9H17N3O3S/c1-4-8(13)5-10-16(14,15)9-6(2)11-12-7(9)3/h8,10,13H,4-5H2,1-3H3,(H,11,12). The van der Waals surface area contributed by atoms with Crippen molar-refractivity contribution in [2.24, 2.45) is 0 Å². The first-order chi connectivity index (χ1) is 7.38. The van der Waals surface area contributed by atoms with Gasteiger partial charge in [-0.25, -0.2) is 13.1 Å². The summed E-state index contributed by atoms with van der Waals surface area (Å²) in [5.74, 6) is 0. The van der Waals surface area contributed by atoms with Crippen LogP contribution >= 0.6 is 0 Å². The van der Waals surface area contributed by atoms with Crippen molar-refractivity contribution in [2.45, 2.75) is 38.2 Å². The van der Waals surface area contributed by atoms with Crippen LogP contribution in [0.2, 0.25) is 0 Å². The molecule has 92 valence electrons. The van der Waals surface area contributed by atoms with Gasteiger partial charge in [-0.1, -0.05) is 6.92 Å². The Morgan fingerprint density at radius 2 is 2.12 bits per heavy atom. The lowest BCUT2D eigenvalue weighted by Gasteiger charge is -2.10. The van der Waals surface area contributed by atoms with Gasteiger partial charge in [-0.2, -0.15) is 5.10 Å². The third-order valence-electron chi connectivity index (χ3n) is 2.31. The van der Waals surface area contributed by atoms with Crippen molar-refractivity contribution in [1.29, 1.82) is 0 Å². The summed E-state index contributed by atoms with van der Waals surface area (Å²) in [6.45, 7) is 5.06. The summed E-state index contributed by atoms with van der Waals surface area (Å²) >= 11 is 0. The van der Waals surface area contributed by atoms with Crippen molar-refractivity contribution in [3.63, 3.8) is 0 Å². The fourth-order valence-electron chi connectivity index (χ4n) is 1.36. The maximum atomic E-state index is 11.9. The number of sulfonamides is 1. The third-order valence-corrected chi connectivity index (χ3v) is 4.00. The molecule has 0 radical (unpaired) electrons. The molecule has 0 aliphatic carbocycles. The first kappa shape index (κ1) is 13.1. The predicted molar refractivity (Wildman–Crippen MR) is 59.5 cm³/mol. The van der Waals surface area contributed by atoms with Crippen molar-refractivity contribution in [2.75, 3.05) is 6.54 Å². The van der Waals surface area contributed by atoms with E-state index >= 15 is 0 Å². The topological polar surface area (TPSA) is 95.1 Å². The van der Waals surface area contributed by atoms with Gasteiger partial charge < -0.3 is 5.11 Å². The Hall–Kier alpha value is -0.920. The van der Waals surface area contributed by atoms with E-state index in [4.69, 9.17) is 0 Å². The number of hydrogen-bond acceptors (Lipinski definition) is 4. The predicted octanol–water partition coefficient (Wildman–Crippen LogP) is 0.0757. The number of rotatable bonds is 5. The number of aliphatic hydroxyl groups is 1. The van der Waals surface area contributed by atoms with Gasteiger partial charge >= 0.3 is 0 Å². The van der Waals surface area contributed by atoms with Crippen LogP contribution in [0, 0.1) is 13.8 Å². The Bertz CT molecular complexity index is 433. The van der Waals surface area contributed by atoms with E-state index in [0.29, 0.717) is 17.8 Å². The number of H-pyrrole nitrogens is 1. The third kappa shape index (κ3) is 2.81. The van der Waals surface area contributed by atoms with Crippen molar-refractivity contribution < 1.29 is 13.5 Å². The molecule has 6 nitrogen and oxygen atoms in total. The number of nitrogens with one attached hydrogen (secondary N) is 2. The SMILES string of the molecule is CCC(O)CNS(=O)(=O)c1c(C)n[nH]c1C. The highest BCUT2D eigenvalue weighted by Gasteiger charge is 2.22. The fourth-order valence-corrected chi connectivity index (χ4v) is 2.80. The average Bonchev–Trinajstić information content (AvgIpc) is 2.55. The molecular weight excluding hydrogens is 230 g/mol. The van der Waals surface area contributed by atoms with Crippen LogP contribution in [0.5, 0.6) is 0 Å².